The van der Waals surface area contributed by atoms with Gasteiger partial charge in [0.25, 0.3) is 0 Å². The Kier molecular flexibility index (Phi) is 7.32. The molecule has 2 aromatic heterocycles. The zero-order valence-electron chi connectivity index (χ0n) is 18.3. The van der Waals surface area contributed by atoms with Gasteiger partial charge >= 0.3 is 12.1 Å². The fraction of sp³-hybridized carbons (Fsp3) is 0.208. The molecule has 35 heavy (non-hydrogen) atoms. The summed E-state index contributed by atoms with van der Waals surface area (Å²) in [5.74, 6) is -1.56. The molecule has 0 atom stereocenters. The number of esters is 1. The highest BCUT2D eigenvalue weighted by Gasteiger charge is 2.32. The Morgan fingerprint density at radius 2 is 1.97 bits per heavy atom. The van der Waals surface area contributed by atoms with Crippen LogP contribution < -0.4 is 0 Å². The van der Waals surface area contributed by atoms with Gasteiger partial charge in [-0.2, -0.15) is 13.2 Å². The fourth-order valence-corrected chi connectivity index (χ4v) is 4.64. The van der Waals surface area contributed by atoms with E-state index in [9.17, 15) is 22.4 Å². The normalized spacial score (nSPS) is 11.7. The molecule has 0 N–H and O–H groups in total. The van der Waals surface area contributed by atoms with E-state index in [0.717, 1.165) is 23.5 Å². The fourth-order valence-electron chi connectivity index (χ4n) is 3.42. The Bertz CT molecular complexity index is 1380. The summed E-state index contributed by atoms with van der Waals surface area (Å²) in [7, 11) is 0. The SMILES string of the molecule is CCOC(=O)c1ccc2c(c1)nc(SCc1cc(C(F)(F)F)cc(Cl)c1F)n2Cc1ccccn1. The van der Waals surface area contributed by atoms with Gasteiger partial charge in [0.15, 0.2) is 5.16 Å². The number of hydrogen-bond acceptors (Lipinski definition) is 5. The minimum Gasteiger partial charge on any atom is -0.462 e. The van der Waals surface area contributed by atoms with E-state index in [1.54, 1.807) is 37.4 Å². The zero-order chi connectivity index (χ0) is 25.2. The van der Waals surface area contributed by atoms with Crippen LogP contribution in [0.4, 0.5) is 17.6 Å². The van der Waals surface area contributed by atoms with Gasteiger partial charge in [0.1, 0.15) is 5.82 Å². The number of alkyl halides is 3. The minimum absolute atomic E-state index is 0.147. The van der Waals surface area contributed by atoms with Crippen molar-refractivity contribution in [1.29, 1.82) is 0 Å². The highest BCUT2D eigenvalue weighted by atomic mass is 35.5. The molecule has 0 bridgehead atoms. The van der Waals surface area contributed by atoms with E-state index in [1.807, 2.05) is 16.7 Å². The number of pyridine rings is 1. The predicted molar refractivity (Wildman–Crippen MR) is 125 cm³/mol. The molecular formula is C24H18ClF4N3O2S. The van der Waals surface area contributed by atoms with Crippen LogP contribution in [0, 0.1) is 5.82 Å². The predicted octanol–water partition coefficient (Wildman–Crippen LogP) is 6.76. The second-order valence-electron chi connectivity index (χ2n) is 7.44. The van der Waals surface area contributed by atoms with Crippen LogP contribution in [0.3, 0.4) is 0 Å². The average molecular weight is 524 g/mol. The standard InChI is InChI=1S/C24H18ClF4N3O2S/c1-2-34-22(33)14-6-7-20-19(10-14)31-23(32(20)12-17-5-3-4-8-30-17)35-13-15-9-16(24(27,28)29)11-18(25)21(15)26/h3-11H,2,12-13H2,1H3. The molecule has 0 aliphatic heterocycles. The van der Waals surface area contributed by atoms with Crippen molar-refractivity contribution >= 4 is 40.4 Å². The van der Waals surface area contributed by atoms with E-state index >= 15 is 0 Å². The Labute approximate surface area is 207 Å². The van der Waals surface area contributed by atoms with Crippen LogP contribution in [0.5, 0.6) is 0 Å². The Balaban J connectivity index is 1.72. The van der Waals surface area contributed by atoms with Gasteiger partial charge in [-0.1, -0.05) is 29.4 Å². The molecule has 0 aliphatic rings. The van der Waals surface area contributed by atoms with E-state index < -0.39 is 28.5 Å². The number of aromatic nitrogens is 3. The Hall–Kier alpha value is -3.11. The highest BCUT2D eigenvalue weighted by Crippen LogP contribution is 2.36. The lowest BCUT2D eigenvalue weighted by Crippen LogP contribution is -2.07. The first-order valence-corrected chi connectivity index (χ1v) is 11.8. The maximum absolute atomic E-state index is 14.5. The van der Waals surface area contributed by atoms with E-state index in [1.165, 1.54) is 0 Å². The van der Waals surface area contributed by atoms with E-state index in [2.05, 4.69) is 9.97 Å². The smallest absolute Gasteiger partial charge is 0.416 e. The summed E-state index contributed by atoms with van der Waals surface area (Å²) in [6, 6.07) is 11.6. The molecule has 4 aromatic rings. The molecule has 0 radical (unpaired) electrons. The topological polar surface area (TPSA) is 57.0 Å². The maximum Gasteiger partial charge on any atom is 0.416 e. The second kappa shape index (κ2) is 10.2. The number of thioether (sulfide) groups is 1. The number of ether oxygens (including phenoxy) is 1. The molecular weight excluding hydrogens is 506 g/mol. The van der Waals surface area contributed by atoms with Crippen molar-refractivity contribution in [3.8, 4) is 0 Å². The minimum atomic E-state index is -4.66. The molecule has 5 nitrogen and oxygen atoms in total. The lowest BCUT2D eigenvalue weighted by atomic mass is 10.1. The number of benzene rings is 2. The third kappa shape index (κ3) is 5.59. The third-order valence-corrected chi connectivity index (χ3v) is 6.36. The monoisotopic (exact) mass is 523 g/mol. The van der Waals surface area contributed by atoms with Gasteiger partial charge in [-0.15, -0.1) is 0 Å². The molecule has 182 valence electrons. The van der Waals surface area contributed by atoms with Crippen molar-refractivity contribution in [3.05, 3.63) is 88.0 Å². The molecule has 0 aliphatic carbocycles. The summed E-state index contributed by atoms with van der Waals surface area (Å²) in [6.45, 7) is 2.23. The van der Waals surface area contributed by atoms with Gasteiger partial charge in [-0.25, -0.2) is 14.2 Å². The number of imidazole rings is 1. The quantitative estimate of drug-likeness (QED) is 0.152. The number of fused-ring (bicyclic) bond motifs is 1. The molecule has 0 spiro atoms. The van der Waals surface area contributed by atoms with Gasteiger partial charge in [-0.05, 0) is 49.4 Å². The Morgan fingerprint density at radius 1 is 1.17 bits per heavy atom. The molecule has 0 amide bonds. The number of halogens is 5. The molecule has 0 fully saturated rings. The van der Waals surface area contributed by atoms with Crippen molar-refractivity contribution in [1.82, 2.24) is 14.5 Å². The zero-order valence-corrected chi connectivity index (χ0v) is 19.8. The summed E-state index contributed by atoms with van der Waals surface area (Å²) in [5.41, 5.74) is 0.967. The molecule has 11 heteroatoms. The van der Waals surface area contributed by atoms with Crippen LogP contribution in [-0.2, 0) is 23.2 Å². The van der Waals surface area contributed by atoms with Crippen LogP contribution in [0.1, 0.15) is 34.1 Å². The third-order valence-electron chi connectivity index (χ3n) is 5.06. The number of carbonyl (C=O) groups excluding carboxylic acids is 1. The molecule has 4 rings (SSSR count). The summed E-state index contributed by atoms with van der Waals surface area (Å²) in [5, 5.41) is -0.184. The number of nitrogens with zero attached hydrogens (tertiary/aromatic N) is 3. The number of rotatable bonds is 7. The van der Waals surface area contributed by atoms with Crippen molar-refractivity contribution in [3.63, 3.8) is 0 Å². The number of carbonyl (C=O) groups is 1. The van der Waals surface area contributed by atoms with Crippen LogP contribution in [0.2, 0.25) is 5.02 Å². The number of hydrogen-bond donors (Lipinski definition) is 0. The van der Waals surface area contributed by atoms with Crippen molar-refractivity contribution in [2.75, 3.05) is 6.61 Å². The van der Waals surface area contributed by atoms with Gasteiger partial charge in [0, 0.05) is 17.5 Å². The molecule has 2 heterocycles. The van der Waals surface area contributed by atoms with Gasteiger partial charge in [0.05, 0.1) is 46.0 Å². The summed E-state index contributed by atoms with van der Waals surface area (Å²) in [4.78, 5) is 21.0. The summed E-state index contributed by atoms with van der Waals surface area (Å²) >= 11 is 6.78. The first-order chi connectivity index (χ1) is 16.7. The van der Waals surface area contributed by atoms with Crippen molar-refractivity contribution in [2.45, 2.75) is 30.6 Å². The average Bonchev–Trinajstić information content (AvgIpc) is 3.16. The second-order valence-corrected chi connectivity index (χ2v) is 8.79. The summed E-state index contributed by atoms with van der Waals surface area (Å²) < 4.78 is 61.0. The van der Waals surface area contributed by atoms with Crippen LogP contribution in [0.15, 0.2) is 59.9 Å². The maximum atomic E-state index is 14.5. The van der Waals surface area contributed by atoms with Crippen LogP contribution in [0.25, 0.3) is 11.0 Å². The van der Waals surface area contributed by atoms with E-state index in [-0.39, 0.29) is 17.9 Å². The van der Waals surface area contributed by atoms with Crippen molar-refractivity contribution < 1.29 is 27.1 Å². The molecule has 0 unspecified atom stereocenters. The van der Waals surface area contributed by atoms with Gasteiger partial charge in [-0.3, -0.25) is 4.98 Å². The van der Waals surface area contributed by atoms with Crippen LogP contribution in [-0.4, -0.2) is 27.1 Å². The molecule has 2 aromatic carbocycles. The lowest BCUT2D eigenvalue weighted by molar-refractivity contribution is -0.137. The summed E-state index contributed by atoms with van der Waals surface area (Å²) in [6.07, 6.45) is -3.02. The van der Waals surface area contributed by atoms with Crippen LogP contribution >= 0.6 is 23.4 Å². The lowest BCUT2D eigenvalue weighted by Gasteiger charge is -2.12. The first kappa shape index (κ1) is 25.0. The van der Waals surface area contributed by atoms with E-state index in [4.69, 9.17) is 16.3 Å². The van der Waals surface area contributed by atoms with Gasteiger partial charge in [0.2, 0.25) is 0 Å². The van der Waals surface area contributed by atoms with E-state index in [0.29, 0.717) is 34.4 Å². The first-order valence-electron chi connectivity index (χ1n) is 10.4. The van der Waals surface area contributed by atoms with Gasteiger partial charge < -0.3 is 9.30 Å². The molecule has 0 saturated carbocycles. The van der Waals surface area contributed by atoms with Crippen molar-refractivity contribution in [2.24, 2.45) is 0 Å². The largest absolute Gasteiger partial charge is 0.462 e. The molecule has 0 saturated heterocycles. The highest BCUT2D eigenvalue weighted by molar-refractivity contribution is 7.98. The Morgan fingerprint density at radius 3 is 2.66 bits per heavy atom.